The molecular formula is C9H10BrFOS. The molecule has 1 nitrogen and oxygen atoms in total. The fraction of sp³-hybridized carbons (Fsp3) is 0.333. The molecule has 0 spiro atoms. The molecule has 4 heteroatoms. The van der Waals surface area contributed by atoms with E-state index < -0.39 is 0 Å². The number of hydrogen-bond acceptors (Lipinski definition) is 2. The van der Waals surface area contributed by atoms with E-state index in [0.717, 1.165) is 0 Å². The van der Waals surface area contributed by atoms with Gasteiger partial charge in [-0.05, 0) is 41.2 Å². The highest BCUT2D eigenvalue weighted by atomic mass is 79.9. The van der Waals surface area contributed by atoms with E-state index >= 15 is 0 Å². The van der Waals surface area contributed by atoms with Crippen molar-refractivity contribution in [3.63, 3.8) is 0 Å². The molecule has 0 aliphatic heterocycles. The van der Waals surface area contributed by atoms with Crippen LogP contribution in [0.15, 0.2) is 21.5 Å². The zero-order valence-electron chi connectivity index (χ0n) is 7.43. The van der Waals surface area contributed by atoms with Crippen LogP contribution in [0.2, 0.25) is 0 Å². The second-order valence-corrected chi connectivity index (χ2v) is 3.94. The van der Waals surface area contributed by atoms with Crippen molar-refractivity contribution in [2.24, 2.45) is 0 Å². The summed E-state index contributed by atoms with van der Waals surface area (Å²) >= 11 is 4.67. The second-order valence-electron chi connectivity index (χ2n) is 2.33. The lowest BCUT2D eigenvalue weighted by Crippen LogP contribution is -1.94. The Hall–Kier alpha value is -0.220. The third-order valence-corrected chi connectivity index (χ3v) is 3.37. The number of benzene rings is 1. The maximum atomic E-state index is 13.2. The number of hydrogen-bond donors (Lipinski definition) is 0. The van der Waals surface area contributed by atoms with E-state index in [1.807, 2.05) is 13.2 Å². The smallest absolute Gasteiger partial charge is 0.138 e. The van der Waals surface area contributed by atoms with E-state index in [4.69, 9.17) is 4.74 Å². The van der Waals surface area contributed by atoms with Crippen LogP contribution in [-0.2, 0) is 0 Å². The monoisotopic (exact) mass is 264 g/mol. The first-order chi connectivity index (χ1) is 6.20. The normalized spacial score (nSPS) is 10.2. The lowest BCUT2D eigenvalue weighted by molar-refractivity contribution is 0.336. The van der Waals surface area contributed by atoms with Gasteiger partial charge in [0, 0.05) is 0 Å². The molecule has 1 aromatic rings. The molecule has 72 valence electrons. The lowest BCUT2D eigenvalue weighted by atomic mass is 10.3. The molecule has 0 bridgehead atoms. The summed E-state index contributed by atoms with van der Waals surface area (Å²) in [6.45, 7) is 2.48. The molecule has 1 rings (SSSR count). The number of halogens is 2. The summed E-state index contributed by atoms with van der Waals surface area (Å²) in [5.41, 5.74) is 0. The second kappa shape index (κ2) is 4.86. The van der Waals surface area contributed by atoms with Crippen molar-refractivity contribution in [1.82, 2.24) is 0 Å². The lowest BCUT2D eigenvalue weighted by Gasteiger charge is -2.09. The summed E-state index contributed by atoms with van der Waals surface area (Å²) in [6.07, 6.45) is 1.83. The topological polar surface area (TPSA) is 9.23 Å². The standard InChI is InChI=1S/C9H10BrFOS/c1-3-12-7-5-4-6(11)9(13-2)8(7)10/h4-5H,3H2,1-2H3. The molecule has 13 heavy (non-hydrogen) atoms. The predicted molar refractivity (Wildman–Crippen MR) is 57.1 cm³/mol. The largest absolute Gasteiger partial charge is 0.493 e. The third-order valence-electron chi connectivity index (χ3n) is 1.52. The fourth-order valence-corrected chi connectivity index (χ4v) is 2.43. The van der Waals surface area contributed by atoms with Crippen LogP contribution in [0.25, 0.3) is 0 Å². The van der Waals surface area contributed by atoms with Crippen LogP contribution >= 0.6 is 27.7 Å². The molecule has 0 fully saturated rings. The SMILES string of the molecule is CCOc1ccc(F)c(SC)c1Br. The first-order valence-corrected chi connectivity index (χ1v) is 5.87. The predicted octanol–water partition coefficient (Wildman–Crippen LogP) is 3.71. The fourth-order valence-electron chi connectivity index (χ4n) is 0.969. The minimum atomic E-state index is -0.220. The Bertz CT molecular complexity index is 304. The Morgan fingerprint density at radius 1 is 1.54 bits per heavy atom. The third kappa shape index (κ3) is 2.38. The van der Waals surface area contributed by atoms with Crippen molar-refractivity contribution in [1.29, 1.82) is 0 Å². The number of ether oxygens (including phenoxy) is 1. The molecule has 0 saturated heterocycles. The summed E-state index contributed by atoms with van der Waals surface area (Å²) in [5, 5.41) is 0. The van der Waals surface area contributed by atoms with Gasteiger partial charge in [0.15, 0.2) is 0 Å². The van der Waals surface area contributed by atoms with Gasteiger partial charge in [0.1, 0.15) is 11.6 Å². The van der Waals surface area contributed by atoms with Crippen molar-refractivity contribution < 1.29 is 9.13 Å². The molecule has 0 aliphatic carbocycles. The zero-order valence-corrected chi connectivity index (χ0v) is 9.84. The van der Waals surface area contributed by atoms with Crippen LogP contribution in [0.3, 0.4) is 0 Å². The molecule has 0 aliphatic rings. The van der Waals surface area contributed by atoms with E-state index in [9.17, 15) is 4.39 Å². The summed E-state index contributed by atoms with van der Waals surface area (Å²) in [4.78, 5) is 0.589. The quantitative estimate of drug-likeness (QED) is 0.770. The summed E-state index contributed by atoms with van der Waals surface area (Å²) in [7, 11) is 0. The van der Waals surface area contributed by atoms with Crippen LogP contribution in [0.4, 0.5) is 4.39 Å². The molecule has 0 saturated carbocycles. The molecule has 0 N–H and O–H groups in total. The molecule has 0 radical (unpaired) electrons. The summed E-state index contributed by atoms with van der Waals surface area (Å²) < 4.78 is 19.2. The van der Waals surface area contributed by atoms with Crippen LogP contribution in [0.5, 0.6) is 5.75 Å². The molecule has 0 aromatic heterocycles. The van der Waals surface area contributed by atoms with Gasteiger partial charge in [-0.25, -0.2) is 4.39 Å². The van der Waals surface area contributed by atoms with E-state index in [0.29, 0.717) is 21.7 Å². The van der Waals surface area contributed by atoms with Gasteiger partial charge >= 0.3 is 0 Å². The van der Waals surface area contributed by atoms with Crippen LogP contribution in [-0.4, -0.2) is 12.9 Å². The van der Waals surface area contributed by atoms with Gasteiger partial charge < -0.3 is 4.74 Å². The molecule has 0 unspecified atom stereocenters. The average molecular weight is 265 g/mol. The van der Waals surface area contributed by atoms with Crippen LogP contribution in [0.1, 0.15) is 6.92 Å². The summed E-state index contributed by atoms with van der Waals surface area (Å²) in [6, 6.07) is 3.05. The number of thioether (sulfide) groups is 1. The molecule has 0 amide bonds. The van der Waals surface area contributed by atoms with Crippen LogP contribution < -0.4 is 4.74 Å². The maximum Gasteiger partial charge on any atom is 0.138 e. The van der Waals surface area contributed by atoms with Crippen molar-refractivity contribution in [3.05, 3.63) is 22.4 Å². The molecule has 0 atom stereocenters. The van der Waals surface area contributed by atoms with Gasteiger partial charge in [-0.15, -0.1) is 11.8 Å². The highest BCUT2D eigenvalue weighted by Gasteiger charge is 2.10. The Morgan fingerprint density at radius 3 is 2.77 bits per heavy atom. The van der Waals surface area contributed by atoms with Gasteiger partial charge in [0.25, 0.3) is 0 Å². The Morgan fingerprint density at radius 2 is 2.23 bits per heavy atom. The van der Waals surface area contributed by atoms with E-state index in [-0.39, 0.29) is 5.82 Å². The zero-order chi connectivity index (χ0) is 9.84. The molecule has 1 aromatic carbocycles. The Balaban J connectivity index is 3.11. The Labute approximate surface area is 89.8 Å². The van der Waals surface area contributed by atoms with Gasteiger partial charge in [0.2, 0.25) is 0 Å². The van der Waals surface area contributed by atoms with E-state index in [1.54, 1.807) is 6.07 Å². The van der Waals surface area contributed by atoms with Gasteiger partial charge in [-0.1, -0.05) is 0 Å². The minimum Gasteiger partial charge on any atom is -0.493 e. The van der Waals surface area contributed by atoms with Crippen molar-refractivity contribution in [2.75, 3.05) is 12.9 Å². The van der Waals surface area contributed by atoms with Crippen molar-refractivity contribution in [3.8, 4) is 5.75 Å². The Kier molecular flexibility index (Phi) is 4.06. The molecule has 0 heterocycles. The van der Waals surface area contributed by atoms with Crippen molar-refractivity contribution >= 4 is 27.7 Å². The average Bonchev–Trinajstić information content (AvgIpc) is 2.11. The van der Waals surface area contributed by atoms with Gasteiger partial charge in [-0.2, -0.15) is 0 Å². The first kappa shape index (κ1) is 10.9. The van der Waals surface area contributed by atoms with Gasteiger partial charge in [0.05, 0.1) is 16.0 Å². The summed E-state index contributed by atoms with van der Waals surface area (Å²) in [5.74, 6) is 0.469. The molecular weight excluding hydrogens is 255 g/mol. The van der Waals surface area contributed by atoms with E-state index in [2.05, 4.69) is 15.9 Å². The van der Waals surface area contributed by atoms with Crippen molar-refractivity contribution in [2.45, 2.75) is 11.8 Å². The first-order valence-electron chi connectivity index (χ1n) is 3.85. The van der Waals surface area contributed by atoms with Crippen LogP contribution in [0, 0.1) is 5.82 Å². The highest BCUT2D eigenvalue weighted by molar-refractivity contribution is 9.10. The highest BCUT2D eigenvalue weighted by Crippen LogP contribution is 2.35. The van der Waals surface area contributed by atoms with Gasteiger partial charge in [-0.3, -0.25) is 0 Å². The number of rotatable bonds is 3. The maximum absolute atomic E-state index is 13.2. The van der Waals surface area contributed by atoms with E-state index in [1.165, 1.54) is 17.8 Å². The minimum absolute atomic E-state index is 0.220.